The van der Waals surface area contributed by atoms with Crippen LogP contribution in [0, 0.1) is 0 Å². The molecule has 0 saturated carbocycles. The average Bonchev–Trinajstić information content (AvgIpc) is 3.13. The molecule has 0 spiro atoms. The van der Waals surface area contributed by atoms with E-state index in [2.05, 4.69) is 16.8 Å². The second-order valence-corrected chi connectivity index (χ2v) is 8.81. The molecule has 1 amide bonds. The van der Waals surface area contributed by atoms with Crippen LogP contribution in [0.2, 0.25) is 0 Å². The quantitative estimate of drug-likeness (QED) is 0.363. The SMILES string of the molecule is CCOC(=O)CC(C(=O)OCC)N1CCN(CC2CN(C3CCN(C)CC3)C(=O)O2)CC1. The molecule has 2 unspecified atom stereocenters. The molecular formula is C22H38N4O6. The lowest BCUT2D eigenvalue weighted by molar-refractivity contribution is -0.157. The van der Waals surface area contributed by atoms with Gasteiger partial charge in [0.15, 0.2) is 0 Å². The fourth-order valence-electron chi connectivity index (χ4n) is 4.76. The molecule has 32 heavy (non-hydrogen) atoms. The minimum Gasteiger partial charge on any atom is -0.466 e. The lowest BCUT2D eigenvalue weighted by Crippen LogP contribution is -2.55. The first-order valence-electron chi connectivity index (χ1n) is 11.9. The van der Waals surface area contributed by atoms with Crippen LogP contribution in [0.1, 0.15) is 33.1 Å². The van der Waals surface area contributed by atoms with E-state index >= 15 is 0 Å². The first-order chi connectivity index (χ1) is 15.4. The van der Waals surface area contributed by atoms with Gasteiger partial charge in [-0.3, -0.25) is 19.4 Å². The molecule has 0 aromatic heterocycles. The topological polar surface area (TPSA) is 91.9 Å². The highest BCUT2D eigenvalue weighted by atomic mass is 16.6. The summed E-state index contributed by atoms with van der Waals surface area (Å²) < 4.78 is 15.9. The van der Waals surface area contributed by atoms with Gasteiger partial charge in [-0.2, -0.15) is 0 Å². The third-order valence-corrected chi connectivity index (χ3v) is 6.56. The highest BCUT2D eigenvalue weighted by molar-refractivity contribution is 5.82. The first-order valence-corrected chi connectivity index (χ1v) is 11.9. The van der Waals surface area contributed by atoms with Crippen molar-refractivity contribution in [3.05, 3.63) is 0 Å². The van der Waals surface area contributed by atoms with E-state index in [1.807, 2.05) is 9.80 Å². The number of hydrogen-bond donors (Lipinski definition) is 0. The van der Waals surface area contributed by atoms with Crippen LogP contribution in [-0.2, 0) is 23.8 Å². The Bertz CT molecular complexity index is 646. The smallest absolute Gasteiger partial charge is 0.410 e. The second-order valence-electron chi connectivity index (χ2n) is 8.81. The number of amides is 1. The fraction of sp³-hybridized carbons (Fsp3) is 0.864. The summed E-state index contributed by atoms with van der Waals surface area (Å²) in [4.78, 5) is 45.3. The molecule has 3 aliphatic rings. The minimum absolute atomic E-state index is 0.00154. The Balaban J connectivity index is 1.47. The number of piperidine rings is 1. The maximum atomic E-state index is 12.4. The molecule has 3 fully saturated rings. The van der Waals surface area contributed by atoms with E-state index in [1.165, 1.54) is 0 Å². The van der Waals surface area contributed by atoms with Crippen LogP contribution < -0.4 is 0 Å². The van der Waals surface area contributed by atoms with Crippen LogP contribution in [0.4, 0.5) is 4.79 Å². The second kappa shape index (κ2) is 11.8. The Morgan fingerprint density at radius 2 is 1.69 bits per heavy atom. The van der Waals surface area contributed by atoms with Crippen molar-refractivity contribution in [1.29, 1.82) is 0 Å². The third kappa shape index (κ3) is 6.55. The number of likely N-dealkylation sites (tertiary alicyclic amines) is 1. The standard InChI is InChI=1S/C22H38N4O6/c1-4-30-20(27)14-19(21(28)31-5-2)25-12-10-24(11-13-25)15-18-16-26(22(29)32-18)17-6-8-23(3)9-7-17/h17-19H,4-16H2,1-3H3. The maximum absolute atomic E-state index is 12.4. The number of hydrogen-bond acceptors (Lipinski definition) is 9. The van der Waals surface area contributed by atoms with Crippen molar-refractivity contribution in [3.8, 4) is 0 Å². The van der Waals surface area contributed by atoms with E-state index in [0.717, 1.165) is 39.0 Å². The first kappa shape index (κ1) is 24.7. The molecule has 0 radical (unpaired) electrons. The lowest BCUT2D eigenvalue weighted by atomic mass is 10.0. The zero-order chi connectivity index (χ0) is 23.1. The van der Waals surface area contributed by atoms with Crippen LogP contribution in [0.15, 0.2) is 0 Å². The van der Waals surface area contributed by atoms with E-state index < -0.39 is 6.04 Å². The predicted octanol–water partition coefficient (Wildman–Crippen LogP) is 0.404. The number of nitrogens with zero attached hydrogens (tertiary/aromatic N) is 4. The summed E-state index contributed by atoms with van der Waals surface area (Å²) in [5.74, 6) is -0.771. The fourth-order valence-corrected chi connectivity index (χ4v) is 4.76. The van der Waals surface area contributed by atoms with Gasteiger partial charge in [0.1, 0.15) is 12.1 Å². The van der Waals surface area contributed by atoms with E-state index in [1.54, 1.807) is 13.8 Å². The summed E-state index contributed by atoms with van der Waals surface area (Å²) in [5.41, 5.74) is 0. The summed E-state index contributed by atoms with van der Waals surface area (Å²) in [5, 5.41) is 0. The van der Waals surface area contributed by atoms with Gasteiger partial charge in [0.2, 0.25) is 0 Å². The molecule has 0 aromatic carbocycles. The number of piperazine rings is 1. The van der Waals surface area contributed by atoms with E-state index in [9.17, 15) is 14.4 Å². The Morgan fingerprint density at radius 3 is 2.31 bits per heavy atom. The molecule has 0 N–H and O–H groups in total. The third-order valence-electron chi connectivity index (χ3n) is 6.56. The molecule has 3 heterocycles. The van der Waals surface area contributed by atoms with Gasteiger partial charge >= 0.3 is 18.0 Å². The summed E-state index contributed by atoms with van der Waals surface area (Å²) in [6.07, 6.45) is 1.66. The number of cyclic esters (lactones) is 1. The summed E-state index contributed by atoms with van der Waals surface area (Å²) in [6.45, 7) is 10.2. The van der Waals surface area contributed by atoms with Gasteiger partial charge in [-0.1, -0.05) is 0 Å². The predicted molar refractivity (Wildman–Crippen MR) is 117 cm³/mol. The van der Waals surface area contributed by atoms with Crippen LogP contribution in [0.3, 0.4) is 0 Å². The van der Waals surface area contributed by atoms with E-state index in [0.29, 0.717) is 26.2 Å². The van der Waals surface area contributed by atoms with Crippen molar-refractivity contribution >= 4 is 18.0 Å². The van der Waals surface area contributed by atoms with Crippen LogP contribution in [0.25, 0.3) is 0 Å². The van der Waals surface area contributed by atoms with Crippen molar-refractivity contribution in [2.45, 2.75) is 51.3 Å². The molecule has 0 aliphatic carbocycles. The largest absolute Gasteiger partial charge is 0.466 e. The monoisotopic (exact) mass is 454 g/mol. The highest BCUT2D eigenvalue weighted by Gasteiger charge is 2.39. The number of esters is 2. The summed E-state index contributed by atoms with van der Waals surface area (Å²) in [7, 11) is 2.11. The maximum Gasteiger partial charge on any atom is 0.410 e. The summed E-state index contributed by atoms with van der Waals surface area (Å²) >= 11 is 0. The highest BCUT2D eigenvalue weighted by Crippen LogP contribution is 2.23. The van der Waals surface area contributed by atoms with E-state index in [4.69, 9.17) is 14.2 Å². The normalized spacial score (nSPS) is 24.9. The zero-order valence-corrected chi connectivity index (χ0v) is 19.7. The minimum atomic E-state index is -0.625. The Hall–Kier alpha value is -1.91. The van der Waals surface area contributed by atoms with Gasteiger partial charge in [0, 0.05) is 38.8 Å². The lowest BCUT2D eigenvalue weighted by Gasteiger charge is -2.38. The van der Waals surface area contributed by atoms with Crippen LogP contribution in [-0.4, -0.2) is 128 Å². The van der Waals surface area contributed by atoms with Crippen molar-refractivity contribution in [2.24, 2.45) is 0 Å². The molecule has 10 heteroatoms. The van der Waals surface area contributed by atoms with E-state index in [-0.39, 0.29) is 49.8 Å². The van der Waals surface area contributed by atoms with Crippen molar-refractivity contribution in [1.82, 2.24) is 19.6 Å². The van der Waals surface area contributed by atoms with Crippen LogP contribution >= 0.6 is 0 Å². The Labute approximate surface area is 190 Å². The molecular weight excluding hydrogens is 416 g/mol. The number of carbonyl (C=O) groups excluding carboxylic acids is 3. The molecule has 0 bridgehead atoms. The van der Waals surface area contributed by atoms with Gasteiger partial charge < -0.3 is 24.0 Å². The van der Waals surface area contributed by atoms with Gasteiger partial charge in [-0.15, -0.1) is 0 Å². The van der Waals surface area contributed by atoms with Crippen LogP contribution in [0.5, 0.6) is 0 Å². The molecule has 3 aliphatic heterocycles. The zero-order valence-electron chi connectivity index (χ0n) is 19.7. The number of carbonyl (C=O) groups is 3. The van der Waals surface area contributed by atoms with Gasteiger partial charge in [0.25, 0.3) is 0 Å². The Kier molecular flexibility index (Phi) is 9.12. The number of rotatable bonds is 9. The molecule has 2 atom stereocenters. The molecule has 3 rings (SSSR count). The molecule has 0 aromatic rings. The molecule has 182 valence electrons. The Morgan fingerprint density at radius 1 is 1.03 bits per heavy atom. The molecule has 10 nitrogen and oxygen atoms in total. The van der Waals surface area contributed by atoms with Crippen molar-refractivity contribution in [2.75, 3.05) is 72.6 Å². The summed E-state index contributed by atoms with van der Waals surface area (Å²) in [6, 6.07) is -0.353. The van der Waals surface area contributed by atoms with Crippen molar-refractivity contribution in [3.63, 3.8) is 0 Å². The van der Waals surface area contributed by atoms with Crippen molar-refractivity contribution < 1.29 is 28.6 Å². The average molecular weight is 455 g/mol. The van der Waals surface area contributed by atoms with Gasteiger partial charge in [-0.25, -0.2) is 4.79 Å². The number of ether oxygens (including phenoxy) is 3. The van der Waals surface area contributed by atoms with Gasteiger partial charge in [0.05, 0.1) is 26.2 Å². The van der Waals surface area contributed by atoms with Gasteiger partial charge in [-0.05, 0) is 46.8 Å². The molecule has 3 saturated heterocycles.